The van der Waals surface area contributed by atoms with E-state index in [0.717, 1.165) is 26.7 Å². The first-order chi connectivity index (χ1) is 12.3. The van der Waals surface area contributed by atoms with E-state index >= 15 is 0 Å². The van der Waals surface area contributed by atoms with Crippen LogP contribution >= 0.6 is 15.9 Å². The van der Waals surface area contributed by atoms with E-state index in [1.54, 1.807) is 6.33 Å². The molecule has 4 aromatic rings. The van der Waals surface area contributed by atoms with Crippen LogP contribution in [0.3, 0.4) is 0 Å². The predicted octanol–water partition coefficient (Wildman–Crippen LogP) is 5.64. The minimum Gasteiger partial charge on any atom is -0.217 e. The van der Waals surface area contributed by atoms with Crippen molar-refractivity contribution >= 4 is 15.9 Å². The highest BCUT2D eigenvalue weighted by Crippen LogP contribution is 2.26. The van der Waals surface area contributed by atoms with Crippen molar-refractivity contribution < 1.29 is 0 Å². The first kappa shape index (κ1) is 15.7. The molecule has 0 fully saturated rings. The van der Waals surface area contributed by atoms with Crippen molar-refractivity contribution in [3.8, 4) is 33.9 Å². The fourth-order valence-electron chi connectivity index (χ4n) is 2.64. The van der Waals surface area contributed by atoms with Gasteiger partial charge in [0.15, 0.2) is 11.6 Å². The molecule has 0 aliphatic carbocycles. The lowest BCUT2D eigenvalue weighted by Gasteiger charge is -2.06. The Morgan fingerprint density at radius 1 is 0.560 bits per heavy atom. The summed E-state index contributed by atoms with van der Waals surface area (Å²) in [5.74, 6) is 1.35. The SMILES string of the molecule is Brc1ccc(-c2cccc(-c3ncnc(-c4ccccc4)n3)c2)cc1. The van der Waals surface area contributed by atoms with E-state index in [1.807, 2.05) is 54.6 Å². The van der Waals surface area contributed by atoms with Gasteiger partial charge in [0.1, 0.15) is 6.33 Å². The number of rotatable bonds is 3. The van der Waals surface area contributed by atoms with Crippen molar-refractivity contribution in [2.45, 2.75) is 0 Å². The molecule has 0 bridgehead atoms. The van der Waals surface area contributed by atoms with Crippen LogP contribution in [0.4, 0.5) is 0 Å². The second-order valence-electron chi connectivity index (χ2n) is 5.59. The molecule has 0 aliphatic rings. The number of hydrogen-bond donors (Lipinski definition) is 0. The Labute approximate surface area is 154 Å². The lowest BCUT2D eigenvalue weighted by molar-refractivity contribution is 1.07. The maximum absolute atomic E-state index is 4.63. The van der Waals surface area contributed by atoms with E-state index in [2.05, 4.69) is 55.1 Å². The summed E-state index contributed by atoms with van der Waals surface area (Å²) in [5, 5.41) is 0. The van der Waals surface area contributed by atoms with Crippen LogP contribution in [-0.4, -0.2) is 15.0 Å². The molecule has 1 heterocycles. The zero-order chi connectivity index (χ0) is 17.1. The summed E-state index contributed by atoms with van der Waals surface area (Å²) >= 11 is 3.47. The maximum atomic E-state index is 4.63. The molecular weight excluding hydrogens is 374 g/mol. The summed E-state index contributed by atoms with van der Waals surface area (Å²) in [6.45, 7) is 0. The molecule has 0 aliphatic heterocycles. The summed E-state index contributed by atoms with van der Waals surface area (Å²) in [6.07, 6.45) is 1.57. The fourth-order valence-corrected chi connectivity index (χ4v) is 2.91. The predicted molar refractivity (Wildman–Crippen MR) is 104 cm³/mol. The molecular formula is C21H14BrN3. The molecule has 3 nitrogen and oxygen atoms in total. The highest BCUT2D eigenvalue weighted by Gasteiger charge is 2.07. The molecule has 0 spiro atoms. The third-order valence-electron chi connectivity index (χ3n) is 3.90. The molecule has 120 valence electrons. The van der Waals surface area contributed by atoms with Gasteiger partial charge in [-0.1, -0.05) is 76.6 Å². The lowest BCUT2D eigenvalue weighted by atomic mass is 10.0. The zero-order valence-corrected chi connectivity index (χ0v) is 14.9. The average molecular weight is 388 g/mol. The zero-order valence-electron chi connectivity index (χ0n) is 13.3. The van der Waals surface area contributed by atoms with Crippen LogP contribution in [0.5, 0.6) is 0 Å². The van der Waals surface area contributed by atoms with Crippen molar-refractivity contribution in [1.29, 1.82) is 0 Å². The Bertz CT molecular complexity index is 999. The molecule has 4 heteroatoms. The highest BCUT2D eigenvalue weighted by atomic mass is 79.9. The molecule has 3 aromatic carbocycles. The van der Waals surface area contributed by atoms with Gasteiger partial charge in [-0.3, -0.25) is 0 Å². The van der Waals surface area contributed by atoms with Crippen LogP contribution in [-0.2, 0) is 0 Å². The van der Waals surface area contributed by atoms with Crippen LogP contribution in [0, 0.1) is 0 Å². The highest BCUT2D eigenvalue weighted by molar-refractivity contribution is 9.10. The molecule has 0 amide bonds. The van der Waals surface area contributed by atoms with Gasteiger partial charge in [0.25, 0.3) is 0 Å². The van der Waals surface area contributed by atoms with Crippen LogP contribution in [0.1, 0.15) is 0 Å². The van der Waals surface area contributed by atoms with Gasteiger partial charge in [0, 0.05) is 15.6 Å². The Balaban J connectivity index is 1.73. The van der Waals surface area contributed by atoms with Crippen LogP contribution < -0.4 is 0 Å². The van der Waals surface area contributed by atoms with Crippen LogP contribution in [0.25, 0.3) is 33.9 Å². The van der Waals surface area contributed by atoms with Crippen molar-refractivity contribution in [2.24, 2.45) is 0 Å². The largest absolute Gasteiger partial charge is 0.217 e. The molecule has 0 atom stereocenters. The van der Waals surface area contributed by atoms with E-state index in [4.69, 9.17) is 0 Å². The Hall–Kier alpha value is -2.85. The monoisotopic (exact) mass is 387 g/mol. The van der Waals surface area contributed by atoms with E-state index in [9.17, 15) is 0 Å². The molecule has 1 aromatic heterocycles. The molecule has 0 unspecified atom stereocenters. The molecule has 0 saturated heterocycles. The Morgan fingerprint density at radius 2 is 1.20 bits per heavy atom. The minimum absolute atomic E-state index is 0.674. The minimum atomic E-state index is 0.674. The van der Waals surface area contributed by atoms with Gasteiger partial charge >= 0.3 is 0 Å². The first-order valence-electron chi connectivity index (χ1n) is 7.90. The quantitative estimate of drug-likeness (QED) is 0.456. The topological polar surface area (TPSA) is 38.7 Å². The molecule has 25 heavy (non-hydrogen) atoms. The van der Waals surface area contributed by atoms with Crippen molar-refractivity contribution in [3.63, 3.8) is 0 Å². The molecule has 0 N–H and O–H groups in total. The van der Waals surface area contributed by atoms with Crippen LogP contribution in [0.15, 0.2) is 89.7 Å². The van der Waals surface area contributed by atoms with Gasteiger partial charge in [0.05, 0.1) is 0 Å². The summed E-state index contributed by atoms with van der Waals surface area (Å²) in [5.41, 5.74) is 4.24. The normalized spacial score (nSPS) is 10.6. The summed E-state index contributed by atoms with van der Waals surface area (Å²) in [6, 6.07) is 26.4. The van der Waals surface area contributed by atoms with E-state index in [1.165, 1.54) is 0 Å². The first-order valence-corrected chi connectivity index (χ1v) is 8.70. The average Bonchev–Trinajstić information content (AvgIpc) is 2.69. The van der Waals surface area contributed by atoms with Crippen molar-refractivity contribution in [3.05, 3.63) is 89.7 Å². The standard InChI is InChI=1S/C21H14BrN3/c22-19-11-9-15(10-12-19)17-7-4-8-18(13-17)21-24-14-23-20(25-21)16-5-2-1-3-6-16/h1-14H. The number of hydrogen-bond acceptors (Lipinski definition) is 3. The van der Waals surface area contributed by atoms with Gasteiger partial charge in [-0.2, -0.15) is 0 Å². The third kappa shape index (κ3) is 3.49. The van der Waals surface area contributed by atoms with E-state index < -0.39 is 0 Å². The summed E-state index contributed by atoms with van der Waals surface area (Å²) in [7, 11) is 0. The van der Waals surface area contributed by atoms with Gasteiger partial charge < -0.3 is 0 Å². The van der Waals surface area contributed by atoms with Crippen molar-refractivity contribution in [1.82, 2.24) is 15.0 Å². The lowest BCUT2D eigenvalue weighted by Crippen LogP contribution is -1.95. The van der Waals surface area contributed by atoms with Crippen LogP contribution in [0.2, 0.25) is 0 Å². The number of nitrogens with zero attached hydrogens (tertiary/aromatic N) is 3. The van der Waals surface area contributed by atoms with Crippen molar-refractivity contribution in [2.75, 3.05) is 0 Å². The fraction of sp³-hybridized carbons (Fsp3) is 0. The Morgan fingerprint density at radius 3 is 1.96 bits per heavy atom. The second kappa shape index (κ2) is 6.95. The van der Waals surface area contributed by atoms with Gasteiger partial charge in [-0.05, 0) is 29.3 Å². The number of halogens is 1. The van der Waals surface area contributed by atoms with E-state index in [0.29, 0.717) is 11.6 Å². The summed E-state index contributed by atoms with van der Waals surface area (Å²) < 4.78 is 1.07. The molecule has 4 rings (SSSR count). The molecule has 0 radical (unpaired) electrons. The Kier molecular flexibility index (Phi) is 4.36. The number of aromatic nitrogens is 3. The summed E-state index contributed by atoms with van der Waals surface area (Å²) in [4.78, 5) is 13.3. The van der Waals surface area contributed by atoms with E-state index in [-0.39, 0.29) is 0 Å². The van der Waals surface area contributed by atoms with Gasteiger partial charge in [-0.15, -0.1) is 0 Å². The molecule has 0 saturated carbocycles. The van der Waals surface area contributed by atoms with Gasteiger partial charge in [0.2, 0.25) is 0 Å². The maximum Gasteiger partial charge on any atom is 0.163 e. The smallest absolute Gasteiger partial charge is 0.163 e. The van der Waals surface area contributed by atoms with Gasteiger partial charge in [-0.25, -0.2) is 15.0 Å². The number of benzene rings is 3. The second-order valence-corrected chi connectivity index (χ2v) is 6.50. The third-order valence-corrected chi connectivity index (χ3v) is 4.43.